The lowest BCUT2D eigenvalue weighted by molar-refractivity contribution is -0.0369. The van der Waals surface area contributed by atoms with E-state index < -0.39 is 26.7 Å². The van der Waals surface area contributed by atoms with Gasteiger partial charge in [-0.1, -0.05) is 65.3 Å². The van der Waals surface area contributed by atoms with Crippen molar-refractivity contribution in [1.29, 1.82) is 0 Å². The lowest BCUT2D eigenvalue weighted by atomic mass is 10.2. The van der Waals surface area contributed by atoms with Crippen LogP contribution in [0.3, 0.4) is 0 Å². The van der Waals surface area contributed by atoms with Crippen LogP contribution in [-0.4, -0.2) is 49.9 Å². The minimum atomic E-state index is -2.31. The van der Waals surface area contributed by atoms with E-state index in [-0.39, 0.29) is 12.1 Å². The molecule has 1 aliphatic rings. The molecule has 0 radical (unpaired) electrons. The largest absolute Gasteiger partial charge is 0.406 e. The molecule has 9 nitrogen and oxygen atoms in total. The third-order valence-corrected chi connectivity index (χ3v) is 14.3. The van der Waals surface area contributed by atoms with Gasteiger partial charge in [-0.15, -0.1) is 0 Å². The number of carbonyl (C=O) groups excluding carboxylic acids is 1. The molecule has 11 heteroatoms. The van der Waals surface area contributed by atoms with Crippen LogP contribution in [0, 0.1) is 0 Å². The number of hydrogen-bond donors (Lipinski definition) is 2. The fourth-order valence-corrected chi connectivity index (χ4v) is 11.9. The first-order valence-corrected chi connectivity index (χ1v) is 16.7. The van der Waals surface area contributed by atoms with Gasteiger partial charge in [-0.3, -0.25) is 9.36 Å². The quantitative estimate of drug-likeness (QED) is 0.248. The first kappa shape index (κ1) is 31.2. The Hall–Kier alpha value is -2.76. The summed E-state index contributed by atoms with van der Waals surface area (Å²) in [7, 11) is -2.31. The maximum atomic E-state index is 14.1. The molecule has 1 saturated heterocycles. The summed E-state index contributed by atoms with van der Waals surface area (Å²) < 4.78 is 19.4. The maximum absolute atomic E-state index is 14.1. The number of urea groups is 1. The zero-order chi connectivity index (χ0) is 29.9. The van der Waals surface area contributed by atoms with Gasteiger partial charge < -0.3 is 24.5 Å². The van der Waals surface area contributed by atoms with Crippen molar-refractivity contribution in [3.63, 3.8) is 0 Å². The molecule has 222 valence electrons. The zero-order valence-electron chi connectivity index (χ0n) is 24.9. The molecule has 0 bridgehead atoms. The summed E-state index contributed by atoms with van der Waals surface area (Å²) >= 11 is 6.51. The van der Waals surface area contributed by atoms with Crippen molar-refractivity contribution in [3.8, 4) is 5.69 Å². The summed E-state index contributed by atoms with van der Waals surface area (Å²) in [6, 6.07) is 11.9. The van der Waals surface area contributed by atoms with Crippen molar-refractivity contribution in [2.24, 2.45) is 0 Å². The van der Waals surface area contributed by atoms with Crippen molar-refractivity contribution < 1.29 is 18.7 Å². The number of ether oxygens (including phenoxy) is 2. The summed E-state index contributed by atoms with van der Waals surface area (Å²) in [5.74, 6) is 0.487. The molecule has 0 saturated carbocycles. The van der Waals surface area contributed by atoms with Crippen LogP contribution in [0.4, 0.5) is 10.5 Å². The number of amides is 2. The van der Waals surface area contributed by atoms with Gasteiger partial charge in [0.15, 0.2) is 6.29 Å². The van der Waals surface area contributed by atoms with Gasteiger partial charge in [-0.05, 0) is 53.9 Å². The number of halogens is 1. The topological polar surface area (TPSA) is 104 Å². The normalized spacial score (nSPS) is 15.3. The average Bonchev–Trinajstić information content (AvgIpc) is 3.43. The lowest BCUT2D eigenvalue weighted by Crippen LogP contribution is -2.48. The Morgan fingerprint density at radius 2 is 1.68 bits per heavy atom. The van der Waals surface area contributed by atoms with Crippen LogP contribution in [-0.2, 0) is 13.9 Å². The van der Waals surface area contributed by atoms with Crippen LogP contribution < -0.4 is 16.2 Å². The molecule has 4 rings (SSSR count). The smallest absolute Gasteiger partial charge is 0.319 e. The number of carbonyl (C=O) groups is 1. The third kappa shape index (κ3) is 6.52. The Morgan fingerprint density at radius 1 is 1.05 bits per heavy atom. The standard InChI is InChI=1S/C30H41ClN4O5Si/c1-18(2)41(19(3)4,20(5)6)40-21(7)28-34-25-13-9-12-24(31)27(25)29(36)35(28)23-11-8-10-22(16-23)33-30(37)32-17-26-38-14-15-39-26/h8-13,16,18-21,26H,14-15,17H2,1-7H3,(H2,32,33,37)/t21-/m0/s1. The van der Waals surface area contributed by atoms with Gasteiger partial charge in [0.1, 0.15) is 11.9 Å². The zero-order valence-corrected chi connectivity index (χ0v) is 26.6. The summed E-state index contributed by atoms with van der Waals surface area (Å²) in [6.45, 7) is 16.6. The van der Waals surface area contributed by atoms with E-state index in [9.17, 15) is 9.59 Å². The Balaban J connectivity index is 1.76. The van der Waals surface area contributed by atoms with E-state index in [4.69, 9.17) is 30.5 Å². The van der Waals surface area contributed by atoms with Crippen molar-refractivity contribution in [2.75, 3.05) is 25.1 Å². The van der Waals surface area contributed by atoms with E-state index in [1.165, 1.54) is 0 Å². The van der Waals surface area contributed by atoms with E-state index in [1.807, 2.05) is 13.0 Å². The molecule has 1 aliphatic heterocycles. The Bertz CT molecular complexity index is 1420. The fourth-order valence-electron chi connectivity index (χ4n) is 6.10. The van der Waals surface area contributed by atoms with Crippen molar-refractivity contribution in [2.45, 2.75) is 77.5 Å². The number of aromatic nitrogens is 2. The number of fused-ring (bicyclic) bond motifs is 1. The molecule has 41 heavy (non-hydrogen) atoms. The van der Waals surface area contributed by atoms with Gasteiger partial charge in [0.25, 0.3) is 5.56 Å². The highest BCUT2D eigenvalue weighted by Gasteiger charge is 2.46. The molecule has 0 unspecified atom stereocenters. The maximum Gasteiger partial charge on any atom is 0.319 e. The summed E-state index contributed by atoms with van der Waals surface area (Å²) in [6.07, 6.45) is -0.933. The van der Waals surface area contributed by atoms with Crippen LogP contribution in [0.1, 0.15) is 60.4 Å². The Morgan fingerprint density at radius 3 is 2.32 bits per heavy atom. The second kappa shape index (κ2) is 13.0. The van der Waals surface area contributed by atoms with Crippen LogP contribution in [0.25, 0.3) is 16.6 Å². The van der Waals surface area contributed by atoms with Crippen molar-refractivity contribution >= 4 is 42.5 Å². The number of nitrogens with zero attached hydrogens (tertiary/aromatic N) is 2. The van der Waals surface area contributed by atoms with E-state index >= 15 is 0 Å². The Kier molecular flexibility index (Phi) is 9.92. The average molecular weight is 601 g/mol. The third-order valence-electron chi connectivity index (χ3n) is 7.81. The van der Waals surface area contributed by atoms with E-state index in [2.05, 4.69) is 52.2 Å². The van der Waals surface area contributed by atoms with Crippen LogP contribution in [0.15, 0.2) is 47.3 Å². The first-order chi connectivity index (χ1) is 19.5. The molecule has 1 atom stereocenters. The van der Waals surface area contributed by atoms with Gasteiger partial charge in [0.05, 0.1) is 41.4 Å². The van der Waals surface area contributed by atoms with Gasteiger partial charge in [0, 0.05) is 5.69 Å². The summed E-state index contributed by atoms with van der Waals surface area (Å²) in [5.41, 5.74) is 2.33. The molecule has 2 amide bonds. The van der Waals surface area contributed by atoms with Crippen molar-refractivity contribution in [1.82, 2.24) is 14.9 Å². The number of benzene rings is 2. The lowest BCUT2D eigenvalue weighted by Gasteiger charge is -2.44. The SMILES string of the molecule is CC(C)[Si](O[C@@H](C)c1nc2cccc(Cl)c2c(=O)n1-c1cccc(NC(=O)NCC2OCCO2)c1)(C(C)C)C(C)C. The number of anilines is 1. The van der Waals surface area contributed by atoms with Gasteiger partial charge in [-0.2, -0.15) is 0 Å². The summed E-state index contributed by atoms with van der Waals surface area (Å²) in [4.78, 5) is 31.6. The number of nitrogens with one attached hydrogen (secondary N) is 2. The fraction of sp³-hybridized carbons (Fsp3) is 0.500. The summed E-state index contributed by atoms with van der Waals surface area (Å²) in [5, 5.41) is 6.24. The molecule has 1 fully saturated rings. The predicted molar refractivity (Wildman–Crippen MR) is 166 cm³/mol. The second-order valence-electron chi connectivity index (χ2n) is 11.4. The van der Waals surface area contributed by atoms with E-state index in [0.29, 0.717) is 63.0 Å². The first-order valence-electron chi connectivity index (χ1n) is 14.2. The Labute approximate surface area is 247 Å². The van der Waals surface area contributed by atoms with Crippen LogP contribution in [0.2, 0.25) is 21.6 Å². The highest BCUT2D eigenvalue weighted by Crippen LogP contribution is 2.45. The minimum absolute atomic E-state index is 0.226. The highest BCUT2D eigenvalue weighted by molar-refractivity contribution is 6.77. The monoisotopic (exact) mass is 600 g/mol. The number of rotatable bonds is 10. The molecule has 0 spiro atoms. The molecule has 2 aromatic carbocycles. The molecule has 2 heterocycles. The van der Waals surface area contributed by atoms with Crippen LogP contribution >= 0.6 is 11.6 Å². The predicted octanol–water partition coefficient (Wildman–Crippen LogP) is 6.79. The molecular formula is C30H41ClN4O5Si. The van der Waals surface area contributed by atoms with E-state index in [0.717, 1.165) is 0 Å². The minimum Gasteiger partial charge on any atom is -0.406 e. The highest BCUT2D eigenvalue weighted by atomic mass is 35.5. The molecule has 3 aromatic rings. The van der Waals surface area contributed by atoms with Gasteiger partial charge in [0.2, 0.25) is 8.32 Å². The molecular weight excluding hydrogens is 560 g/mol. The van der Waals surface area contributed by atoms with Gasteiger partial charge >= 0.3 is 6.03 Å². The van der Waals surface area contributed by atoms with Crippen LogP contribution in [0.5, 0.6) is 0 Å². The second-order valence-corrected chi connectivity index (χ2v) is 17.2. The van der Waals surface area contributed by atoms with Gasteiger partial charge in [-0.25, -0.2) is 9.78 Å². The molecule has 2 N–H and O–H groups in total. The number of hydrogen-bond acceptors (Lipinski definition) is 6. The van der Waals surface area contributed by atoms with Crippen molar-refractivity contribution in [3.05, 3.63) is 63.7 Å². The molecule has 1 aromatic heterocycles. The van der Waals surface area contributed by atoms with E-state index in [1.54, 1.807) is 41.0 Å². The molecule has 0 aliphatic carbocycles.